The zero-order valence-electron chi connectivity index (χ0n) is 15.8. The summed E-state index contributed by atoms with van der Waals surface area (Å²) in [6.07, 6.45) is 5.28. The Morgan fingerprint density at radius 3 is 2.26 bits per heavy atom. The van der Waals surface area contributed by atoms with Crippen LogP contribution in [0.15, 0.2) is 67.0 Å². The summed E-state index contributed by atoms with van der Waals surface area (Å²) in [7, 11) is 0. The molecule has 4 heteroatoms. The highest BCUT2D eigenvalue weighted by atomic mass is 16.5. The van der Waals surface area contributed by atoms with Crippen molar-refractivity contribution in [1.82, 2.24) is 9.55 Å². The zero-order valence-corrected chi connectivity index (χ0v) is 15.8. The number of rotatable bonds is 9. The minimum atomic E-state index is -0.100. The van der Waals surface area contributed by atoms with Gasteiger partial charge in [0, 0.05) is 24.1 Å². The van der Waals surface area contributed by atoms with Gasteiger partial charge in [-0.05, 0) is 19.8 Å². The average Bonchev–Trinajstić information content (AvgIpc) is 3.13. The van der Waals surface area contributed by atoms with Crippen molar-refractivity contribution in [1.29, 1.82) is 0 Å². The van der Waals surface area contributed by atoms with Crippen LogP contribution < -0.4 is 0 Å². The van der Waals surface area contributed by atoms with Gasteiger partial charge in [-0.15, -0.1) is 0 Å². The van der Waals surface area contributed by atoms with Gasteiger partial charge in [-0.1, -0.05) is 67.1 Å². The van der Waals surface area contributed by atoms with Crippen LogP contribution in [0.5, 0.6) is 0 Å². The van der Waals surface area contributed by atoms with Crippen molar-refractivity contribution in [3.63, 3.8) is 0 Å². The maximum atomic E-state index is 11.4. The number of carbonyl (C=O) groups excluding carboxylic acids is 1. The van der Waals surface area contributed by atoms with Crippen LogP contribution in [0.4, 0.5) is 0 Å². The summed E-state index contributed by atoms with van der Waals surface area (Å²) in [5, 5.41) is 0. The van der Waals surface area contributed by atoms with Gasteiger partial charge in [0.05, 0.1) is 24.3 Å². The number of ether oxygens (including phenoxy) is 1. The van der Waals surface area contributed by atoms with Crippen LogP contribution in [0.3, 0.4) is 0 Å². The van der Waals surface area contributed by atoms with Gasteiger partial charge in [0.2, 0.25) is 0 Å². The molecule has 27 heavy (non-hydrogen) atoms. The van der Waals surface area contributed by atoms with Gasteiger partial charge in [0.25, 0.3) is 0 Å². The van der Waals surface area contributed by atoms with E-state index in [0.29, 0.717) is 13.0 Å². The second kappa shape index (κ2) is 9.72. The molecule has 3 aromatic rings. The Morgan fingerprint density at radius 2 is 1.59 bits per heavy atom. The van der Waals surface area contributed by atoms with Gasteiger partial charge in [-0.25, -0.2) is 4.98 Å². The van der Waals surface area contributed by atoms with Crippen molar-refractivity contribution < 1.29 is 9.53 Å². The summed E-state index contributed by atoms with van der Waals surface area (Å²) in [5.74, 6) is -0.100. The molecule has 0 atom stereocenters. The number of esters is 1. The number of aryl methyl sites for hydroxylation is 1. The molecule has 0 unspecified atom stereocenters. The Labute approximate surface area is 160 Å². The number of aromatic nitrogens is 2. The normalized spacial score (nSPS) is 10.7. The van der Waals surface area contributed by atoms with Crippen molar-refractivity contribution in [3.8, 4) is 22.5 Å². The van der Waals surface area contributed by atoms with Crippen molar-refractivity contribution in [2.75, 3.05) is 6.61 Å². The molecule has 0 saturated heterocycles. The quantitative estimate of drug-likeness (QED) is 0.381. The molecule has 3 rings (SSSR count). The van der Waals surface area contributed by atoms with Crippen LogP contribution >= 0.6 is 0 Å². The van der Waals surface area contributed by atoms with E-state index in [1.165, 1.54) is 5.56 Å². The second-order valence-electron chi connectivity index (χ2n) is 6.48. The molecule has 140 valence electrons. The lowest BCUT2D eigenvalue weighted by Gasteiger charge is -2.11. The maximum Gasteiger partial charge on any atom is 0.305 e. The van der Waals surface area contributed by atoms with E-state index in [1.54, 1.807) is 0 Å². The predicted molar refractivity (Wildman–Crippen MR) is 108 cm³/mol. The topological polar surface area (TPSA) is 44.1 Å². The Bertz CT molecular complexity index is 841. The molecular formula is C23H26N2O2. The van der Waals surface area contributed by atoms with E-state index < -0.39 is 0 Å². The van der Waals surface area contributed by atoms with Crippen molar-refractivity contribution in [2.24, 2.45) is 0 Å². The van der Waals surface area contributed by atoms with Crippen LogP contribution in [0.1, 0.15) is 32.6 Å². The van der Waals surface area contributed by atoms with E-state index in [2.05, 4.69) is 41.0 Å². The van der Waals surface area contributed by atoms with Gasteiger partial charge in [-0.2, -0.15) is 0 Å². The molecule has 2 aromatic carbocycles. The number of imidazole rings is 1. The van der Waals surface area contributed by atoms with E-state index in [4.69, 9.17) is 9.72 Å². The molecule has 1 heterocycles. The fourth-order valence-corrected chi connectivity index (χ4v) is 3.22. The van der Waals surface area contributed by atoms with Crippen LogP contribution in [-0.4, -0.2) is 22.1 Å². The monoisotopic (exact) mass is 362 g/mol. The molecule has 0 amide bonds. The Morgan fingerprint density at radius 1 is 0.926 bits per heavy atom. The number of hydrogen-bond donors (Lipinski definition) is 0. The Balaban J connectivity index is 1.72. The Hall–Kier alpha value is -2.88. The first kappa shape index (κ1) is 18.9. The van der Waals surface area contributed by atoms with Crippen molar-refractivity contribution in [2.45, 2.75) is 39.2 Å². The first-order valence-electron chi connectivity index (χ1n) is 9.61. The number of unbranched alkanes of at least 4 members (excludes halogenated alkanes) is 2. The van der Waals surface area contributed by atoms with E-state index >= 15 is 0 Å². The molecule has 0 aliphatic heterocycles. The number of nitrogens with zero attached hydrogens (tertiary/aromatic N) is 2. The third-order valence-corrected chi connectivity index (χ3v) is 4.52. The van der Waals surface area contributed by atoms with Gasteiger partial charge in [0.15, 0.2) is 0 Å². The fourth-order valence-electron chi connectivity index (χ4n) is 3.22. The molecule has 1 aromatic heterocycles. The molecule has 0 N–H and O–H groups in total. The minimum absolute atomic E-state index is 0.100. The molecule has 0 fully saturated rings. The molecule has 0 spiro atoms. The standard InChI is InChI=1S/C23H26N2O2/c1-2-27-21(26)16-10-5-11-17-25-18-24-22(19-12-6-3-7-13-19)23(25)20-14-8-4-9-15-20/h3-4,6-9,12-15,18H,2,5,10-11,16-17H2,1H3. The molecule has 4 nitrogen and oxygen atoms in total. The van der Waals surface area contributed by atoms with E-state index in [9.17, 15) is 4.79 Å². The van der Waals surface area contributed by atoms with E-state index in [-0.39, 0.29) is 5.97 Å². The lowest BCUT2D eigenvalue weighted by atomic mass is 10.0. The summed E-state index contributed by atoms with van der Waals surface area (Å²) in [6.45, 7) is 3.18. The fraction of sp³-hybridized carbons (Fsp3) is 0.304. The summed E-state index contributed by atoms with van der Waals surface area (Å²) in [5.41, 5.74) is 4.44. The first-order chi connectivity index (χ1) is 13.3. The zero-order chi connectivity index (χ0) is 18.9. The lowest BCUT2D eigenvalue weighted by Crippen LogP contribution is -2.04. The van der Waals surface area contributed by atoms with Gasteiger partial charge < -0.3 is 9.30 Å². The highest BCUT2D eigenvalue weighted by molar-refractivity contribution is 5.78. The molecule has 0 bridgehead atoms. The maximum absolute atomic E-state index is 11.4. The highest BCUT2D eigenvalue weighted by Gasteiger charge is 2.14. The van der Waals surface area contributed by atoms with Crippen LogP contribution in [0.25, 0.3) is 22.5 Å². The molecule has 0 aliphatic carbocycles. The first-order valence-corrected chi connectivity index (χ1v) is 9.61. The van der Waals surface area contributed by atoms with Crippen LogP contribution in [0.2, 0.25) is 0 Å². The summed E-state index contributed by atoms with van der Waals surface area (Å²) in [4.78, 5) is 16.1. The minimum Gasteiger partial charge on any atom is -0.466 e. The van der Waals surface area contributed by atoms with Gasteiger partial charge in [-0.3, -0.25) is 4.79 Å². The van der Waals surface area contributed by atoms with Crippen LogP contribution in [0, 0.1) is 0 Å². The largest absolute Gasteiger partial charge is 0.466 e. The van der Waals surface area contributed by atoms with Gasteiger partial charge >= 0.3 is 5.97 Å². The number of carbonyl (C=O) groups is 1. The number of hydrogen-bond acceptors (Lipinski definition) is 3. The smallest absolute Gasteiger partial charge is 0.305 e. The summed E-state index contributed by atoms with van der Waals surface area (Å²) in [6, 6.07) is 20.7. The van der Waals surface area contributed by atoms with E-state index in [1.807, 2.05) is 37.5 Å². The summed E-state index contributed by atoms with van der Waals surface area (Å²) >= 11 is 0. The third-order valence-electron chi connectivity index (χ3n) is 4.52. The van der Waals surface area contributed by atoms with Crippen LogP contribution in [-0.2, 0) is 16.1 Å². The lowest BCUT2D eigenvalue weighted by molar-refractivity contribution is -0.143. The Kier molecular flexibility index (Phi) is 6.80. The molecule has 0 aliphatic rings. The summed E-state index contributed by atoms with van der Waals surface area (Å²) < 4.78 is 7.21. The van der Waals surface area contributed by atoms with E-state index in [0.717, 1.165) is 42.8 Å². The predicted octanol–water partition coefficient (Wildman–Crippen LogP) is 5.34. The number of benzene rings is 2. The molecule has 0 saturated carbocycles. The third kappa shape index (κ3) is 5.07. The van der Waals surface area contributed by atoms with Crippen molar-refractivity contribution in [3.05, 3.63) is 67.0 Å². The molecular weight excluding hydrogens is 336 g/mol. The SMILES string of the molecule is CCOC(=O)CCCCCn1cnc(-c2ccccc2)c1-c1ccccc1. The molecule has 0 radical (unpaired) electrons. The highest BCUT2D eigenvalue weighted by Crippen LogP contribution is 2.31. The van der Waals surface area contributed by atoms with Gasteiger partial charge in [0.1, 0.15) is 0 Å². The second-order valence-corrected chi connectivity index (χ2v) is 6.48. The van der Waals surface area contributed by atoms with Crippen molar-refractivity contribution >= 4 is 5.97 Å². The average molecular weight is 362 g/mol.